The van der Waals surface area contributed by atoms with Gasteiger partial charge in [0, 0.05) is 33.0 Å². The highest BCUT2D eigenvalue weighted by Gasteiger charge is 2.40. The van der Waals surface area contributed by atoms with Crippen molar-refractivity contribution in [3.63, 3.8) is 0 Å². The average Bonchev–Trinajstić information content (AvgIpc) is 3.75. The first-order valence-corrected chi connectivity index (χ1v) is 20.2. The van der Waals surface area contributed by atoms with Crippen LogP contribution in [0, 0.1) is 0 Å². The van der Waals surface area contributed by atoms with Crippen molar-refractivity contribution in [1.29, 1.82) is 0 Å². The number of fused-ring (bicyclic) bond motifs is 9. The third-order valence-electron chi connectivity index (χ3n) is 13.4. The van der Waals surface area contributed by atoms with Crippen LogP contribution in [-0.2, 0) is 16.2 Å². The smallest absolute Gasteiger partial charge is 0.159 e. The van der Waals surface area contributed by atoms with Crippen LogP contribution in [0.25, 0.3) is 44.2 Å². The minimum Gasteiger partial charge on any atom is -0.454 e. The molecule has 10 rings (SSSR count). The van der Waals surface area contributed by atoms with Crippen LogP contribution in [0.2, 0.25) is 0 Å². The molecule has 0 bridgehead atoms. The molecular formula is C52H51NO. The topological polar surface area (TPSA) is 16.4 Å². The van der Waals surface area contributed by atoms with Crippen LogP contribution in [0.5, 0.6) is 0 Å². The summed E-state index contributed by atoms with van der Waals surface area (Å²) in [6, 6.07) is 43.8. The van der Waals surface area contributed by atoms with Crippen LogP contribution >= 0.6 is 0 Å². The van der Waals surface area contributed by atoms with E-state index in [2.05, 4.69) is 169 Å². The first-order valence-electron chi connectivity index (χ1n) is 20.2. The third kappa shape index (κ3) is 4.78. The lowest BCUT2D eigenvalue weighted by atomic mass is 9.79. The number of nitrogens with zero attached hydrogens (tertiary/aromatic N) is 1. The lowest BCUT2D eigenvalue weighted by Gasteiger charge is -2.29. The van der Waals surface area contributed by atoms with Crippen molar-refractivity contribution in [3.05, 3.63) is 149 Å². The molecule has 54 heavy (non-hydrogen) atoms. The quantitative estimate of drug-likeness (QED) is 0.181. The van der Waals surface area contributed by atoms with E-state index in [-0.39, 0.29) is 16.2 Å². The summed E-state index contributed by atoms with van der Waals surface area (Å²) in [5, 5.41) is 2.41. The van der Waals surface area contributed by atoms with Gasteiger partial charge >= 0.3 is 0 Å². The molecule has 1 saturated carbocycles. The summed E-state index contributed by atoms with van der Waals surface area (Å²) in [5.74, 6) is 0.557. The van der Waals surface area contributed by atoms with Gasteiger partial charge in [0.25, 0.3) is 0 Å². The molecule has 3 aliphatic rings. The zero-order valence-corrected chi connectivity index (χ0v) is 32.9. The van der Waals surface area contributed by atoms with E-state index in [1.165, 1.54) is 98.5 Å². The Kier molecular flexibility index (Phi) is 7.26. The number of benzene rings is 6. The highest BCUT2D eigenvalue weighted by atomic mass is 16.3. The Labute approximate surface area is 320 Å². The van der Waals surface area contributed by atoms with Crippen molar-refractivity contribution < 1.29 is 4.42 Å². The van der Waals surface area contributed by atoms with Crippen molar-refractivity contribution in [2.75, 3.05) is 4.90 Å². The second-order valence-electron chi connectivity index (χ2n) is 18.4. The molecule has 3 aliphatic carbocycles. The molecule has 1 aromatic heterocycles. The summed E-state index contributed by atoms with van der Waals surface area (Å²) in [5.41, 5.74) is 19.0. The monoisotopic (exact) mass is 705 g/mol. The van der Waals surface area contributed by atoms with E-state index < -0.39 is 0 Å². The summed E-state index contributed by atoms with van der Waals surface area (Å²) < 4.78 is 7.17. The normalized spacial score (nSPS) is 17.0. The molecule has 0 spiro atoms. The van der Waals surface area contributed by atoms with E-state index in [1.807, 2.05) is 0 Å². The fraction of sp³-hybridized carbons (Fsp3) is 0.308. The van der Waals surface area contributed by atoms with Gasteiger partial charge in [-0.1, -0.05) is 153 Å². The predicted molar refractivity (Wildman–Crippen MR) is 228 cm³/mol. The van der Waals surface area contributed by atoms with Gasteiger partial charge in [-0.05, 0) is 110 Å². The standard InChI is InChI=1S/C52H51NO/c1-50(2,3)42-23-15-24-43-47(42)40-29-27-34(31-45(40)52(43,6)7)53(33-26-28-37-36-18-11-12-22-41(36)51(4,5)44(37)30-33)46-25-14-21-39-38-20-13-19-35(48(38)54-49(39)46)32-16-9-8-10-17-32/h11-15,18-32H,8-10,16-17H2,1-7H3. The van der Waals surface area contributed by atoms with Crippen LogP contribution in [0.15, 0.2) is 120 Å². The maximum Gasteiger partial charge on any atom is 0.159 e. The van der Waals surface area contributed by atoms with Gasteiger partial charge in [-0.2, -0.15) is 0 Å². The number of hydrogen-bond donors (Lipinski definition) is 0. The fourth-order valence-corrected chi connectivity index (χ4v) is 10.5. The highest BCUT2D eigenvalue weighted by molar-refractivity contribution is 6.11. The maximum atomic E-state index is 7.17. The summed E-state index contributed by atoms with van der Waals surface area (Å²) in [6.45, 7) is 16.6. The van der Waals surface area contributed by atoms with E-state index in [9.17, 15) is 0 Å². The number of hydrogen-bond acceptors (Lipinski definition) is 2. The molecular weight excluding hydrogens is 655 g/mol. The summed E-state index contributed by atoms with van der Waals surface area (Å²) >= 11 is 0. The van der Waals surface area contributed by atoms with Gasteiger partial charge in [0.2, 0.25) is 0 Å². The Morgan fingerprint density at radius 1 is 0.556 bits per heavy atom. The minimum atomic E-state index is -0.143. The second-order valence-corrected chi connectivity index (χ2v) is 18.4. The first-order chi connectivity index (χ1) is 25.9. The van der Waals surface area contributed by atoms with Gasteiger partial charge in [-0.3, -0.25) is 0 Å². The van der Waals surface area contributed by atoms with Crippen LogP contribution in [0.3, 0.4) is 0 Å². The number of anilines is 3. The molecule has 0 unspecified atom stereocenters. The van der Waals surface area contributed by atoms with Crippen LogP contribution in [0.4, 0.5) is 17.1 Å². The summed E-state index contributed by atoms with van der Waals surface area (Å²) in [6.07, 6.45) is 6.43. The molecule has 1 fully saturated rings. The predicted octanol–water partition coefficient (Wildman–Crippen LogP) is 15.0. The molecule has 0 saturated heterocycles. The second kappa shape index (κ2) is 11.7. The Bertz CT molecular complexity index is 2640. The Morgan fingerprint density at radius 3 is 1.89 bits per heavy atom. The van der Waals surface area contributed by atoms with Crippen LogP contribution in [-0.4, -0.2) is 0 Å². The third-order valence-corrected chi connectivity index (χ3v) is 13.4. The van der Waals surface area contributed by atoms with Crippen molar-refractivity contribution in [1.82, 2.24) is 0 Å². The van der Waals surface area contributed by atoms with Gasteiger partial charge < -0.3 is 9.32 Å². The number of para-hydroxylation sites is 2. The van der Waals surface area contributed by atoms with E-state index in [4.69, 9.17) is 4.42 Å². The fourth-order valence-electron chi connectivity index (χ4n) is 10.5. The zero-order chi connectivity index (χ0) is 37.1. The molecule has 2 nitrogen and oxygen atoms in total. The first kappa shape index (κ1) is 33.5. The molecule has 0 aliphatic heterocycles. The number of rotatable bonds is 4. The van der Waals surface area contributed by atoms with Crippen molar-refractivity contribution >= 4 is 39.0 Å². The molecule has 0 amide bonds. The summed E-state index contributed by atoms with van der Waals surface area (Å²) in [7, 11) is 0. The van der Waals surface area contributed by atoms with Crippen molar-refractivity contribution in [2.45, 2.75) is 103 Å². The van der Waals surface area contributed by atoms with Gasteiger partial charge in [-0.15, -0.1) is 0 Å². The molecule has 6 aromatic carbocycles. The molecule has 0 N–H and O–H groups in total. The Morgan fingerprint density at radius 2 is 1.15 bits per heavy atom. The lowest BCUT2D eigenvalue weighted by Crippen LogP contribution is -2.18. The van der Waals surface area contributed by atoms with Crippen LogP contribution in [0.1, 0.15) is 120 Å². The molecule has 0 atom stereocenters. The lowest BCUT2D eigenvalue weighted by molar-refractivity contribution is 0.442. The van der Waals surface area contributed by atoms with E-state index in [0.717, 1.165) is 28.2 Å². The van der Waals surface area contributed by atoms with Gasteiger partial charge in [0.15, 0.2) is 5.58 Å². The van der Waals surface area contributed by atoms with E-state index in [0.29, 0.717) is 5.92 Å². The SMILES string of the molecule is CC(C)(C)c1cccc2c1-c1ccc(N(c3ccc4c(c3)C(C)(C)c3ccccc3-4)c3cccc4c3oc3c(C5CCCCC5)cccc34)cc1C2(C)C. The highest BCUT2D eigenvalue weighted by Crippen LogP contribution is 2.55. The molecule has 7 aromatic rings. The minimum absolute atomic E-state index is 0.0377. The largest absolute Gasteiger partial charge is 0.454 e. The Hall–Kier alpha value is -5.08. The van der Waals surface area contributed by atoms with Crippen LogP contribution < -0.4 is 4.90 Å². The summed E-state index contributed by atoms with van der Waals surface area (Å²) in [4.78, 5) is 2.48. The molecule has 1 heterocycles. The maximum absolute atomic E-state index is 7.17. The van der Waals surface area contributed by atoms with E-state index in [1.54, 1.807) is 0 Å². The van der Waals surface area contributed by atoms with Crippen molar-refractivity contribution in [3.8, 4) is 22.3 Å². The van der Waals surface area contributed by atoms with Gasteiger partial charge in [0.05, 0.1) is 5.69 Å². The molecule has 0 radical (unpaired) electrons. The van der Waals surface area contributed by atoms with Crippen molar-refractivity contribution in [2.24, 2.45) is 0 Å². The average molecular weight is 706 g/mol. The van der Waals surface area contributed by atoms with Gasteiger partial charge in [0.1, 0.15) is 5.58 Å². The molecule has 270 valence electrons. The Balaban J connectivity index is 1.21. The molecule has 2 heteroatoms. The number of furan rings is 1. The van der Waals surface area contributed by atoms with Gasteiger partial charge in [-0.25, -0.2) is 0 Å². The zero-order valence-electron chi connectivity index (χ0n) is 32.9. The van der Waals surface area contributed by atoms with E-state index >= 15 is 0 Å².